The highest BCUT2D eigenvalue weighted by molar-refractivity contribution is 5.78. The van der Waals surface area contributed by atoms with Crippen molar-refractivity contribution < 1.29 is 14.3 Å². The third-order valence-corrected chi connectivity index (χ3v) is 2.63. The lowest BCUT2D eigenvalue weighted by atomic mass is 10.3. The molecule has 1 aromatic rings. The minimum absolute atomic E-state index is 0.205. The molecule has 1 saturated heterocycles. The summed E-state index contributed by atoms with van der Waals surface area (Å²) in [6.07, 6.45) is 0.776. The van der Waals surface area contributed by atoms with Crippen molar-refractivity contribution in [3.05, 3.63) is 24.2 Å². The maximum absolute atomic E-state index is 9.76. The Hall–Kier alpha value is -1.53. The van der Waals surface area contributed by atoms with Crippen LogP contribution in [-0.4, -0.2) is 48.8 Å². The summed E-state index contributed by atoms with van der Waals surface area (Å²) in [4.78, 5) is 6.10. The van der Waals surface area contributed by atoms with Gasteiger partial charge in [-0.25, -0.2) is 0 Å². The van der Waals surface area contributed by atoms with Crippen LogP contribution in [0.1, 0.15) is 11.9 Å². The second kappa shape index (κ2) is 5.70. The van der Waals surface area contributed by atoms with Crippen LogP contribution in [0.5, 0.6) is 0 Å². The van der Waals surface area contributed by atoms with Crippen LogP contribution in [0.25, 0.3) is 0 Å². The van der Waals surface area contributed by atoms with Crippen LogP contribution in [0, 0.1) is 0 Å². The van der Waals surface area contributed by atoms with Crippen LogP contribution < -0.4 is 5.73 Å². The normalized spacial score (nSPS) is 19.4. The molecule has 0 spiro atoms. The maximum Gasteiger partial charge on any atom is 0.191 e. The first-order chi connectivity index (χ1) is 8.27. The van der Waals surface area contributed by atoms with Gasteiger partial charge in [-0.3, -0.25) is 4.99 Å². The fraction of sp³-hybridized carbons (Fsp3) is 0.545. The molecule has 0 aliphatic carbocycles. The average Bonchev–Trinajstić information content (AvgIpc) is 2.90. The van der Waals surface area contributed by atoms with Crippen molar-refractivity contribution in [1.82, 2.24) is 4.90 Å². The summed E-state index contributed by atoms with van der Waals surface area (Å²) in [5.74, 6) is 0.947. The van der Waals surface area contributed by atoms with Crippen molar-refractivity contribution in [2.45, 2.75) is 6.10 Å². The van der Waals surface area contributed by atoms with E-state index in [1.54, 1.807) is 12.1 Å². The van der Waals surface area contributed by atoms with E-state index in [1.807, 2.05) is 4.90 Å². The summed E-state index contributed by atoms with van der Waals surface area (Å²) in [5.41, 5.74) is 5.83. The Morgan fingerprint density at radius 1 is 1.53 bits per heavy atom. The topological polar surface area (TPSA) is 84.2 Å². The van der Waals surface area contributed by atoms with Crippen molar-refractivity contribution >= 4 is 5.96 Å². The van der Waals surface area contributed by atoms with Crippen molar-refractivity contribution in [3.63, 3.8) is 0 Å². The molecule has 17 heavy (non-hydrogen) atoms. The zero-order valence-electron chi connectivity index (χ0n) is 9.58. The molecule has 2 heterocycles. The Labute approximate surface area is 99.7 Å². The molecule has 1 atom stereocenters. The van der Waals surface area contributed by atoms with Crippen LogP contribution in [0.3, 0.4) is 0 Å². The summed E-state index contributed by atoms with van der Waals surface area (Å²) >= 11 is 0. The number of aliphatic hydroxyl groups excluding tert-OH is 1. The predicted octanol–water partition coefficient (Wildman–Crippen LogP) is -0.0401. The number of guanidine groups is 1. The second-order valence-electron chi connectivity index (χ2n) is 3.83. The lowest BCUT2D eigenvalue weighted by molar-refractivity contribution is 0.0672. The summed E-state index contributed by atoms with van der Waals surface area (Å²) in [6, 6.07) is 3.44. The van der Waals surface area contributed by atoms with Gasteiger partial charge in [0.2, 0.25) is 0 Å². The molecule has 0 aromatic carbocycles. The molecule has 0 bridgehead atoms. The van der Waals surface area contributed by atoms with Gasteiger partial charge in [-0.2, -0.15) is 0 Å². The Morgan fingerprint density at radius 3 is 2.94 bits per heavy atom. The van der Waals surface area contributed by atoms with Crippen LogP contribution in [-0.2, 0) is 4.74 Å². The fourth-order valence-corrected chi connectivity index (χ4v) is 1.64. The van der Waals surface area contributed by atoms with E-state index in [4.69, 9.17) is 14.9 Å². The van der Waals surface area contributed by atoms with E-state index >= 15 is 0 Å². The number of nitrogens with zero attached hydrogens (tertiary/aromatic N) is 2. The van der Waals surface area contributed by atoms with E-state index in [-0.39, 0.29) is 6.54 Å². The number of ether oxygens (including phenoxy) is 1. The smallest absolute Gasteiger partial charge is 0.191 e. The number of rotatable bonds is 3. The molecule has 1 fully saturated rings. The van der Waals surface area contributed by atoms with Gasteiger partial charge in [-0.1, -0.05) is 0 Å². The number of furan rings is 1. The molecule has 1 unspecified atom stereocenters. The zero-order valence-corrected chi connectivity index (χ0v) is 9.58. The van der Waals surface area contributed by atoms with E-state index in [0.29, 0.717) is 24.9 Å². The number of aliphatic imine (C=N–C) groups is 1. The highest BCUT2D eigenvalue weighted by Crippen LogP contribution is 2.13. The van der Waals surface area contributed by atoms with E-state index in [9.17, 15) is 5.11 Å². The molecule has 2 rings (SSSR count). The first kappa shape index (κ1) is 11.9. The van der Waals surface area contributed by atoms with Gasteiger partial charge in [0.15, 0.2) is 5.96 Å². The van der Waals surface area contributed by atoms with E-state index in [2.05, 4.69) is 4.99 Å². The van der Waals surface area contributed by atoms with Crippen molar-refractivity contribution in [3.8, 4) is 0 Å². The van der Waals surface area contributed by atoms with Gasteiger partial charge in [-0.15, -0.1) is 0 Å². The van der Waals surface area contributed by atoms with Crippen LogP contribution in [0.4, 0.5) is 0 Å². The minimum Gasteiger partial charge on any atom is -0.467 e. The van der Waals surface area contributed by atoms with Gasteiger partial charge >= 0.3 is 0 Å². The van der Waals surface area contributed by atoms with E-state index in [1.165, 1.54) is 6.26 Å². The van der Waals surface area contributed by atoms with Crippen molar-refractivity contribution in [1.29, 1.82) is 0 Å². The Bertz CT molecular complexity index is 358. The van der Waals surface area contributed by atoms with Gasteiger partial charge < -0.3 is 24.9 Å². The highest BCUT2D eigenvalue weighted by atomic mass is 16.5. The molecule has 6 nitrogen and oxygen atoms in total. The third kappa shape index (κ3) is 3.21. The van der Waals surface area contributed by atoms with Crippen LogP contribution in [0.15, 0.2) is 27.8 Å². The molecular formula is C11H17N3O3. The lowest BCUT2D eigenvalue weighted by Gasteiger charge is -2.27. The largest absolute Gasteiger partial charge is 0.467 e. The number of aliphatic hydroxyl groups is 1. The quantitative estimate of drug-likeness (QED) is 0.571. The van der Waals surface area contributed by atoms with Gasteiger partial charge in [0.1, 0.15) is 11.9 Å². The molecule has 0 amide bonds. The van der Waals surface area contributed by atoms with E-state index in [0.717, 1.165) is 13.1 Å². The van der Waals surface area contributed by atoms with Gasteiger partial charge in [0.05, 0.1) is 26.0 Å². The number of morpholine rings is 1. The summed E-state index contributed by atoms with van der Waals surface area (Å²) in [5, 5.41) is 9.76. The summed E-state index contributed by atoms with van der Waals surface area (Å²) in [6.45, 7) is 3.02. The maximum atomic E-state index is 9.76. The molecule has 94 valence electrons. The third-order valence-electron chi connectivity index (χ3n) is 2.63. The predicted molar refractivity (Wildman–Crippen MR) is 62.5 cm³/mol. The van der Waals surface area contributed by atoms with Crippen molar-refractivity contribution in [2.75, 3.05) is 32.8 Å². The molecule has 1 aliphatic heterocycles. The van der Waals surface area contributed by atoms with Gasteiger partial charge in [0.25, 0.3) is 0 Å². The number of nitrogens with two attached hydrogens (primary N) is 1. The van der Waals surface area contributed by atoms with Crippen LogP contribution in [0.2, 0.25) is 0 Å². The first-order valence-electron chi connectivity index (χ1n) is 5.61. The average molecular weight is 239 g/mol. The molecule has 1 aromatic heterocycles. The fourth-order valence-electron chi connectivity index (χ4n) is 1.64. The molecule has 0 radical (unpaired) electrons. The van der Waals surface area contributed by atoms with Gasteiger partial charge in [0, 0.05) is 13.1 Å². The molecular weight excluding hydrogens is 222 g/mol. The second-order valence-corrected chi connectivity index (χ2v) is 3.83. The highest BCUT2D eigenvalue weighted by Gasteiger charge is 2.14. The molecule has 3 N–H and O–H groups in total. The first-order valence-corrected chi connectivity index (χ1v) is 5.61. The summed E-state index contributed by atoms with van der Waals surface area (Å²) < 4.78 is 10.3. The molecule has 6 heteroatoms. The Balaban J connectivity index is 1.86. The monoisotopic (exact) mass is 239 g/mol. The zero-order chi connectivity index (χ0) is 12.1. The Kier molecular flexibility index (Phi) is 4.00. The molecule has 0 saturated carbocycles. The summed E-state index contributed by atoms with van der Waals surface area (Å²) in [7, 11) is 0. The SMILES string of the molecule is NC(=NCC(O)c1ccco1)N1CCOCC1. The minimum atomic E-state index is -0.746. The molecule has 1 aliphatic rings. The lowest BCUT2D eigenvalue weighted by Crippen LogP contribution is -2.45. The number of hydrogen-bond acceptors (Lipinski definition) is 4. The van der Waals surface area contributed by atoms with Gasteiger partial charge in [-0.05, 0) is 12.1 Å². The van der Waals surface area contributed by atoms with Crippen molar-refractivity contribution in [2.24, 2.45) is 10.7 Å². The van der Waals surface area contributed by atoms with Crippen LogP contribution >= 0.6 is 0 Å². The standard InChI is InChI=1S/C11H17N3O3/c12-11(14-3-6-16-7-4-14)13-8-9(15)10-2-1-5-17-10/h1-2,5,9,15H,3-4,6-8H2,(H2,12,13). The Morgan fingerprint density at radius 2 is 2.29 bits per heavy atom. The van der Waals surface area contributed by atoms with E-state index < -0.39 is 6.10 Å². The number of hydrogen-bond donors (Lipinski definition) is 2.